The van der Waals surface area contributed by atoms with Gasteiger partial charge in [-0.1, -0.05) is 44.2 Å². The van der Waals surface area contributed by atoms with Crippen LogP contribution in [0.1, 0.15) is 83.6 Å². The highest BCUT2D eigenvalue weighted by atomic mass is 16.3. The van der Waals surface area contributed by atoms with Gasteiger partial charge in [0, 0.05) is 0 Å². The van der Waals surface area contributed by atoms with Gasteiger partial charge in [0.25, 0.3) is 0 Å². The van der Waals surface area contributed by atoms with Crippen molar-refractivity contribution in [3.8, 4) is 0 Å². The molecule has 0 bridgehead atoms. The highest BCUT2D eigenvalue weighted by molar-refractivity contribution is 5.18. The molecule has 4 fully saturated rings. The molecule has 0 saturated heterocycles. The summed E-state index contributed by atoms with van der Waals surface area (Å²) in [6, 6.07) is 10.7. The molecule has 2 N–H and O–H groups in total. The van der Waals surface area contributed by atoms with E-state index in [-0.39, 0.29) is 11.5 Å². The molecule has 4 aliphatic carbocycles. The van der Waals surface area contributed by atoms with Crippen molar-refractivity contribution in [1.82, 2.24) is 0 Å². The van der Waals surface area contributed by atoms with Crippen LogP contribution in [0.5, 0.6) is 0 Å². The van der Waals surface area contributed by atoms with Gasteiger partial charge in [0.15, 0.2) is 0 Å². The zero-order valence-corrected chi connectivity index (χ0v) is 18.4. The van der Waals surface area contributed by atoms with Gasteiger partial charge in [-0.25, -0.2) is 0 Å². The summed E-state index contributed by atoms with van der Waals surface area (Å²) in [4.78, 5) is 0. The minimum atomic E-state index is -0.501. The SMILES string of the molecule is CC12CCC(O)CC1CCC1C2CCC2(C)C1CC[C@@]2(O)CCc1ccccc1. The molecule has 8 atom stereocenters. The van der Waals surface area contributed by atoms with E-state index in [4.69, 9.17) is 0 Å². The minimum Gasteiger partial charge on any atom is -0.393 e. The molecule has 2 heteroatoms. The Bertz CT molecular complexity index is 731. The molecule has 1 aromatic rings. The second kappa shape index (κ2) is 7.09. The number of hydrogen-bond acceptors (Lipinski definition) is 2. The van der Waals surface area contributed by atoms with E-state index in [1.165, 1.54) is 44.1 Å². The molecular weight excluding hydrogens is 356 g/mol. The van der Waals surface area contributed by atoms with E-state index >= 15 is 0 Å². The first-order valence-corrected chi connectivity index (χ1v) is 12.3. The fourth-order valence-corrected chi connectivity index (χ4v) is 8.75. The summed E-state index contributed by atoms with van der Waals surface area (Å²) in [6.45, 7) is 4.99. The summed E-state index contributed by atoms with van der Waals surface area (Å²) in [5, 5.41) is 22.1. The topological polar surface area (TPSA) is 40.5 Å². The summed E-state index contributed by atoms with van der Waals surface area (Å²) in [5.41, 5.74) is 1.36. The van der Waals surface area contributed by atoms with Crippen molar-refractivity contribution in [3.05, 3.63) is 35.9 Å². The van der Waals surface area contributed by atoms with Gasteiger partial charge in [0.2, 0.25) is 0 Å². The Balaban J connectivity index is 1.35. The number of aliphatic hydroxyl groups is 2. The molecule has 29 heavy (non-hydrogen) atoms. The number of rotatable bonds is 3. The monoisotopic (exact) mass is 396 g/mol. The maximum atomic E-state index is 11.9. The van der Waals surface area contributed by atoms with Gasteiger partial charge in [-0.2, -0.15) is 0 Å². The molecular formula is C27H40O2. The van der Waals surface area contributed by atoms with Crippen molar-refractivity contribution in [2.24, 2.45) is 34.5 Å². The fraction of sp³-hybridized carbons (Fsp3) is 0.778. The number of fused-ring (bicyclic) bond motifs is 5. The lowest BCUT2D eigenvalue weighted by atomic mass is 9.44. The lowest BCUT2D eigenvalue weighted by Crippen LogP contribution is -2.56. The van der Waals surface area contributed by atoms with E-state index < -0.39 is 5.60 Å². The smallest absolute Gasteiger partial charge is 0.0707 e. The predicted octanol–water partition coefficient (Wildman–Crippen LogP) is 5.75. The van der Waals surface area contributed by atoms with Crippen LogP contribution in [0.4, 0.5) is 0 Å². The zero-order valence-electron chi connectivity index (χ0n) is 18.4. The summed E-state index contributed by atoms with van der Waals surface area (Å²) in [7, 11) is 0. The van der Waals surface area contributed by atoms with Crippen molar-refractivity contribution < 1.29 is 10.2 Å². The molecule has 4 aliphatic rings. The van der Waals surface area contributed by atoms with Crippen LogP contribution in [0, 0.1) is 34.5 Å². The van der Waals surface area contributed by atoms with Crippen LogP contribution in [0.2, 0.25) is 0 Å². The molecule has 0 radical (unpaired) electrons. The van der Waals surface area contributed by atoms with E-state index in [9.17, 15) is 10.2 Å². The standard InChI is InChI=1S/C27H40O2/c1-25-14-11-21(28)18-20(25)8-9-22-23(25)12-15-26(2)24(22)13-17-27(26,29)16-10-19-6-4-3-5-7-19/h3-7,20-24,28-29H,8-18H2,1-2H3/t20?,21?,22?,23?,24?,25?,26?,27-/m0/s1. The molecule has 160 valence electrons. The van der Waals surface area contributed by atoms with E-state index in [0.717, 1.165) is 49.9 Å². The Morgan fingerprint density at radius 1 is 0.897 bits per heavy atom. The lowest BCUT2D eigenvalue weighted by Gasteiger charge is -2.61. The minimum absolute atomic E-state index is 0.0620. The molecule has 0 aliphatic heterocycles. The van der Waals surface area contributed by atoms with Crippen LogP contribution in [-0.2, 0) is 6.42 Å². The van der Waals surface area contributed by atoms with Crippen molar-refractivity contribution in [2.75, 3.05) is 0 Å². The second-order valence-electron chi connectivity index (χ2n) is 11.6. The molecule has 7 unspecified atom stereocenters. The molecule has 5 rings (SSSR count). The first-order valence-electron chi connectivity index (χ1n) is 12.3. The third-order valence-electron chi connectivity index (χ3n) is 10.6. The van der Waals surface area contributed by atoms with E-state index in [1.54, 1.807) is 0 Å². The first-order chi connectivity index (χ1) is 13.9. The number of aliphatic hydroxyl groups excluding tert-OH is 1. The highest BCUT2D eigenvalue weighted by Crippen LogP contribution is 2.68. The predicted molar refractivity (Wildman–Crippen MR) is 117 cm³/mol. The molecule has 1 aromatic carbocycles. The molecule has 2 nitrogen and oxygen atoms in total. The van der Waals surface area contributed by atoms with E-state index in [0.29, 0.717) is 11.3 Å². The van der Waals surface area contributed by atoms with Crippen LogP contribution in [-0.4, -0.2) is 21.9 Å². The van der Waals surface area contributed by atoms with Gasteiger partial charge in [0.1, 0.15) is 0 Å². The quantitative estimate of drug-likeness (QED) is 0.682. The van der Waals surface area contributed by atoms with Crippen LogP contribution < -0.4 is 0 Å². The molecule has 0 spiro atoms. The third-order valence-corrected chi connectivity index (χ3v) is 10.6. The van der Waals surface area contributed by atoms with Crippen LogP contribution in [0.25, 0.3) is 0 Å². The maximum absolute atomic E-state index is 11.9. The Morgan fingerprint density at radius 3 is 2.45 bits per heavy atom. The highest BCUT2D eigenvalue weighted by Gasteiger charge is 2.64. The number of aryl methyl sites for hydroxylation is 1. The Kier molecular flexibility index (Phi) is 4.91. The largest absolute Gasteiger partial charge is 0.393 e. The molecule has 0 aromatic heterocycles. The van der Waals surface area contributed by atoms with Crippen molar-refractivity contribution in [2.45, 2.75) is 96.2 Å². The van der Waals surface area contributed by atoms with Gasteiger partial charge in [-0.3, -0.25) is 0 Å². The van der Waals surface area contributed by atoms with Crippen molar-refractivity contribution in [3.63, 3.8) is 0 Å². The van der Waals surface area contributed by atoms with E-state index in [1.807, 2.05) is 0 Å². The van der Waals surface area contributed by atoms with E-state index in [2.05, 4.69) is 44.2 Å². The fourth-order valence-electron chi connectivity index (χ4n) is 8.75. The van der Waals surface area contributed by atoms with Crippen molar-refractivity contribution >= 4 is 0 Å². The van der Waals surface area contributed by atoms with Gasteiger partial charge < -0.3 is 10.2 Å². The molecule has 4 saturated carbocycles. The van der Waals surface area contributed by atoms with Gasteiger partial charge >= 0.3 is 0 Å². The Morgan fingerprint density at radius 2 is 1.66 bits per heavy atom. The number of benzene rings is 1. The van der Waals surface area contributed by atoms with Crippen molar-refractivity contribution in [1.29, 1.82) is 0 Å². The second-order valence-corrected chi connectivity index (χ2v) is 11.6. The van der Waals surface area contributed by atoms with Gasteiger partial charge in [-0.15, -0.1) is 0 Å². The average Bonchev–Trinajstić information content (AvgIpc) is 2.99. The molecule has 0 heterocycles. The van der Waals surface area contributed by atoms with Gasteiger partial charge in [-0.05, 0) is 111 Å². The van der Waals surface area contributed by atoms with Crippen LogP contribution in [0.3, 0.4) is 0 Å². The summed E-state index contributed by atoms with van der Waals surface area (Å²) >= 11 is 0. The van der Waals surface area contributed by atoms with Crippen LogP contribution in [0.15, 0.2) is 30.3 Å². The summed E-state index contributed by atoms with van der Waals surface area (Å²) < 4.78 is 0. The first kappa shape index (κ1) is 20.1. The average molecular weight is 397 g/mol. The Labute approximate surface area is 177 Å². The normalized spacial score (nSPS) is 49.2. The Hall–Kier alpha value is -0.860. The zero-order chi connectivity index (χ0) is 20.3. The maximum Gasteiger partial charge on any atom is 0.0707 e. The van der Waals surface area contributed by atoms with Crippen LogP contribution >= 0.6 is 0 Å². The summed E-state index contributed by atoms with van der Waals surface area (Å²) in [5.74, 6) is 3.00. The summed E-state index contributed by atoms with van der Waals surface area (Å²) in [6.07, 6.45) is 12.4. The number of hydrogen-bond donors (Lipinski definition) is 2. The molecule has 0 amide bonds. The third kappa shape index (κ3) is 3.04. The lowest BCUT2D eigenvalue weighted by molar-refractivity contribution is -0.160. The van der Waals surface area contributed by atoms with Gasteiger partial charge in [0.05, 0.1) is 11.7 Å².